The zero-order chi connectivity index (χ0) is 22.3. The van der Waals surface area contributed by atoms with Crippen LogP contribution in [-0.2, 0) is 6.42 Å². The summed E-state index contributed by atoms with van der Waals surface area (Å²) < 4.78 is 17.9. The normalized spacial score (nSPS) is 18.2. The first-order valence-electron chi connectivity index (χ1n) is 11.1. The van der Waals surface area contributed by atoms with Gasteiger partial charge in [-0.05, 0) is 75.2 Å². The van der Waals surface area contributed by atoms with Crippen molar-refractivity contribution >= 4 is 10.8 Å². The number of ether oxygens (including phenoxy) is 3. The molecule has 3 aromatic rings. The second-order valence-corrected chi connectivity index (χ2v) is 8.83. The first kappa shape index (κ1) is 21.5. The van der Waals surface area contributed by atoms with Gasteiger partial charge in [0.1, 0.15) is 17.2 Å². The highest BCUT2D eigenvalue weighted by Gasteiger charge is 2.28. The van der Waals surface area contributed by atoms with Crippen molar-refractivity contribution in [3.05, 3.63) is 53.1 Å². The Morgan fingerprint density at radius 3 is 2.42 bits per heavy atom. The fourth-order valence-electron chi connectivity index (χ4n) is 4.99. The second-order valence-electron chi connectivity index (χ2n) is 8.83. The van der Waals surface area contributed by atoms with Gasteiger partial charge in [-0.3, -0.25) is 0 Å². The molecule has 164 valence electrons. The van der Waals surface area contributed by atoms with Crippen molar-refractivity contribution in [3.63, 3.8) is 0 Å². The van der Waals surface area contributed by atoms with Crippen molar-refractivity contribution < 1.29 is 14.2 Å². The van der Waals surface area contributed by atoms with E-state index in [1.165, 1.54) is 16.7 Å². The van der Waals surface area contributed by atoms with Crippen LogP contribution in [0.25, 0.3) is 21.9 Å². The van der Waals surface area contributed by atoms with E-state index in [1.54, 1.807) is 14.2 Å². The van der Waals surface area contributed by atoms with E-state index in [2.05, 4.69) is 64.2 Å². The van der Waals surface area contributed by atoms with E-state index in [1.807, 2.05) is 12.1 Å². The summed E-state index contributed by atoms with van der Waals surface area (Å²) in [6.45, 7) is 10.8. The Bertz CT molecular complexity index is 1120. The summed E-state index contributed by atoms with van der Waals surface area (Å²) in [6.07, 6.45) is 1.08. The van der Waals surface area contributed by atoms with Gasteiger partial charge in [-0.25, -0.2) is 0 Å². The second kappa shape index (κ2) is 8.43. The number of benzene rings is 3. The molecule has 4 heteroatoms. The van der Waals surface area contributed by atoms with Crippen molar-refractivity contribution in [2.75, 3.05) is 14.2 Å². The monoisotopic (exact) mass is 419 g/mol. The van der Waals surface area contributed by atoms with Crippen LogP contribution in [0.1, 0.15) is 50.4 Å². The lowest BCUT2D eigenvalue weighted by atomic mass is 9.85. The zero-order valence-electron chi connectivity index (χ0n) is 19.6. The van der Waals surface area contributed by atoms with Crippen molar-refractivity contribution in [2.45, 2.75) is 59.2 Å². The van der Waals surface area contributed by atoms with E-state index in [9.17, 15) is 0 Å². The molecule has 1 aliphatic rings. The molecule has 4 rings (SSSR count). The molecule has 0 saturated carbocycles. The van der Waals surface area contributed by atoms with Crippen molar-refractivity contribution in [2.24, 2.45) is 0 Å². The lowest BCUT2D eigenvalue weighted by Crippen LogP contribution is -2.36. The largest absolute Gasteiger partial charge is 0.496 e. The molecule has 0 radical (unpaired) electrons. The minimum Gasteiger partial charge on any atom is -0.496 e. The van der Waals surface area contributed by atoms with Gasteiger partial charge < -0.3 is 19.5 Å². The molecular weight excluding hydrogens is 386 g/mol. The van der Waals surface area contributed by atoms with Gasteiger partial charge in [0, 0.05) is 23.2 Å². The van der Waals surface area contributed by atoms with Gasteiger partial charge in [0.2, 0.25) is 0 Å². The first-order valence-corrected chi connectivity index (χ1v) is 11.1. The molecular formula is C27H33NO3. The Kier molecular flexibility index (Phi) is 5.85. The van der Waals surface area contributed by atoms with Gasteiger partial charge in [0.05, 0.1) is 25.7 Å². The summed E-state index contributed by atoms with van der Waals surface area (Å²) in [4.78, 5) is 0. The number of hydrogen-bond acceptors (Lipinski definition) is 4. The van der Waals surface area contributed by atoms with Crippen LogP contribution in [0.5, 0.6) is 17.2 Å². The molecule has 0 aliphatic carbocycles. The van der Waals surface area contributed by atoms with Crippen LogP contribution in [0.15, 0.2) is 36.4 Å². The molecule has 3 aromatic carbocycles. The van der Waals surface area contributed by atoms with Crippen LogP contribution in [0.2, 0.25) is 0 Å². The van der Waals surface area contributed by atoms with Crippen molar-refractivity contribution in [1.29, 1.82) is 0 Å². The molecule has 0 unspecified atom stereocenters. The number of methoxy groups -OCH3 is 2. The molecule has 0 bridgehead atoms. The van der Waals surface area contributed by atoms with Crippen LogP contribution in [0.4, 0.5) is 0 Å². The summed E-state index contributed by atoms with van der Waals surface area (Å²) in [5.74, 6) is 2.61. The average molecular weight is 420 g/mol. The maximum absolute atomic E-state index is 6.52. The minimum atomic E-state index is 0.0798. The van der Waals surface area contributed by atoms with Crippen molar-refractivity contribution in [3.8, 4) is 28.4 Å². The maximum atomic E-state index is 6.52. The van der Waals surface area contributed by atoms with Gasteiger partial charge in [0.25, 0.3) is 0 Å². The topological polar surface area (TPSA) is 39.7 Å². The number of fused-ring (bicyclic) bond motifs is 2. The van der Waals surface area contributed by atoms with Gasteiger partial charge in [-0.15, -0.1) is 0 Å². The lowest BCUT2D eigenvalue weighted by molar-refractivity contribution is 0.237. The third-order valence-corrected chi connectivity index (χ3v) is 6.13. The highest BCUT2D eigenvalue weighted by atomic mass is 16.5. The quantitative estimate of drug-likeness (QED) is 0.533. The fraction of sp³-hybridized carbons (Fsp3) is 0.407. The van der Waals surface area contributed by atoms with Crippen molar-refractivity contribution in [1.82, 2.24) is 5.32 Å². The minimum absolute atomic E-state index is 0.0798. The summed E-state index contributed by atoms with van der Waals surface area (Å²) in [7, 11) is 3.41. The molecule has 0 spiro atoms. The predicted molar refractivity (Wildman–Crippen MR) is 128 cm³/mol. The number of aryl methyl sites for hydroxylation is 1. The van der Waals surface area contributed by atoms with E-state index in [0.29, 0.717) is 6.04 Å². The van der Waals surface area contributed by atoms with Gasteiger partial charge in [0.15, 0.2) is 0 Å². The number of nitrogens with one attached hydrogen (secondary N) is 1. The van der Waals surface area contributed by atoms with Crippen LogP contribution >= 0.6 is 0 Å². The Morgan fingerprint density at radius 2 is 1.74 bits per heavy atom. The van der Waals surface area contributed by atoms with E-state index in [4.69, 9.17) is 14.2 Å². The Hall–Kier alpha value is -2.72. The maximum Gasteiger partial charge on any atom is 0.132 e. The highest BCUT2D eigenvalue weighted by molar-refractivity contribution is 6.05. The van der Waals surface area contributed by atoms with E-state index in [-0.39, 0.29) is 12.1 Å². The SMILES string of the molecule is COc1cccc2c(-c3ccc4c(c3OC(C)C)[C@@H](C)N[C@H](C)C4)c(C)cc(OC)c12. The van der Waals surface area contributed by atoms with Crippen LogP contribution < -0.4 is 19.5 Å². The summed E-state index contributed by atoms with van der Waals surface area (Å²) >= 11 is 0. The van der Waals surface area contributed by atoms with Crippen LogP contribution in [-0.4, -0.2) is 26.4 Å². The molecule has 31 heavy (non-hydrogen) atoms. The van der Waals surface area contributed by atoms with E-state index < -0.39 is 0 Å². The molecule has 0 fully saturated rings. The standard InChI is InChI=1S/C27H33NO3/c1-15(2)31-27-21(12-11-19-14-17(4)28-18(5)25(19)27)24-16(3)13-23(30-7)26-20(24)9-8-10-22(26)29-6/h8-13,15,17-18,28H,14H2,1-7H3/t17-,18-/m1/s1. The Morgan fingerprint density at radius 1 is 1.00 bits per heavy atom. The number of rotatable bonds is 5. The molecule has 0 saturated heterocycles. The Balaban J connectivity index is 2.07. The smallest absolute Gasteiger partial charge is 0.132 e. The zero-order valence-corrected chi connectivity index (χ0v) is 19.6. The Labute approximate surface area is 185 Å². The fourth-order valence-corrected chi connectivity index (χ4v) is 4.99. The predicted octanol–water partition coefficient (Wildman–Crippen LogP) is 6.21. The van der Waals surface area contributed by atoms with Gasteiger partial charge in [-0.1, -0.05) is 24.3 Å². The first-order chi connectivity index (χ1) is 14.8. The van der Waals surface area contributed by atoms with Gasteiger partial charge >= 0.3 is 0 Å². The average Bonchev–Trinajstić information content (AvgIpc) is 2.72. The summed E-state index contributed by atoms with van der Waals surface area (Å²) in [5, 5.41) is 5.79. The van der Waals surface area contributed by atoms with E-state index in [0.717, 1.165) is 45.6 Å². The molecule has 4 nitrogen and oxygen atoms in total. The molecule has 0 amide bonds. The number of hydrogen-bond donors (Lipinski definition) is 1. The molecule has 1 heterocycles. The van der Waals surface area contributed by atoms with Crippen LogP contribution in [0.3, 0.4) is 0 Å². The lowest BCUT2D eigenvalue weighted by Gasteiger charge is -2.33. The van der Waals surface area contributed by atoms with Gasteiger partial charge in [-0.2, -0.15) is 0 Å². The molecule has 1 aliphatic heterocycles. The molecule has 2 atom stereocenters. The summed E-state index contributed by atoms with van der Waals surface area (Å²) in [5.41, 5.74) is 6.07. The van der Waals surface area contributed by atoms with E-state index >= 15 is 0 Å². The third kappa shape index (κ3) is 3.74. The molecule has 0 aromatic heterocycles. The highest BCUT2D eigenvalue weighted by Crippen LogP contribution is 2.47. The van der Waals surface area contributed by atoms with Crippen LogP contribution in [0, 0.1) is 6.92 Å². The third-order valence-electron chi connectivity index (χ3n) is 6.13. The summed E-state index contributed by atoms with van der Waals surface area (Å²) in [6, 6.07) is 13.5. The molecule has 1 N–H and O–H groups in total.